The zero-order valence-corrected chi connectivity index (χ0v) is 13.7. The van der Waals surface area contributed by atoms with Crippen LogP contribution < -0.4 is 5.32 Å². The molecule has 0 bridgehead atoms. The summed E-state index contributed by atoms with van der Waals surface area (Å²) in [5.74, 6) is -1.07. The number of hydrogen-bond acceptors (Lipinski definition) is 2. The van der Waals surface area contributed by atoms with Crippen LogP contribution in [0, 0.1) is 5.92 Å². The third-order valence-electron chi connectivity index (χ3n) is 3.10. The maximum atomic E-state index is 12.7. The Bertz CT molecular complexity index is 580. The minimum atomic E-state index is -4.44. The highest BCUT2D eigenvalue weighted by Crippen LogP contribution is 2.19. The van der Waals surface area contributed by atoms with Crippen molar-refractivity contribution in [2.24, 2.45) is 5.92 Å². The Balaban J connectivity index is 2.82. The van der Waals surface area contributed by atoms with Crippen molar-refractivity contribution in [3.8, 4) is 0 Å². The van der Waals surface area contributed by atoms with Crippen LogP contribution in [0.4, 0.5) is 13.2 Å². The summed E-state index contributed by atoms with van der Waals surface area (Å²) < 4.78 is 38.0. The minimum Gasteiger partial charge on any atom is -0.348 e. The number of hydrogen-bond donors (Lipinski definition) is 1. The first kappa shape index (κ1) is 19.7. The van der Waals surface area contributed by atoms with Gasteiger partial charge in [-0.1, -0.05) is 32.6 Å². The Morgan fingerprint density at radius 3 is 2.29 bits per heavy atom. The van der Waals surface area contributed by atoms with Crippen LogP contribution in [-0.2, 0) is 11.3 Å². The van der Waals surface area contributed by atoms with Gasteiger partial charge < -0.3 is 10.2 Å². The quantitative estimate of drug-likeness (QED) is 0.774. The summed E-state index contributed by atoms with van der Waals surface area (Å²) in [6, 6.07) is 6.11. The van der Waals surface area contributed by atoms with Gasteiger partial charge in [-0.25, -0.2) is 0 Å². The molecule has 0 aromatic heterocycles. The first-order valence-electron chi connectivity index (χ1n) is 7.47. The van der Waals surface area contributed by atoms with Gasteiger partial charge in [0.05, 0.1) is 0 Å². The predicted molar refractivity (Wildman–Crippen MR) is 85.3 cm³/mol. The molecule has 1 aromatic rings. The van der Waals surface area contributed by atoms with E-state index in [1.165, 1.54) is 12.1 Å². The van der Waals surface area contributed by atoms with E-state index in [2.05, 4.69) is 11.9 Å². The van der Waals surface area contributed by atoms with Gasteiger partial charge in [0.1, 0.15) is 6.54 Å². The molecule has 132 valence electrons. The standard InChI is InChI=1S/C17H21F3N2O2/c1-4-15(23)21-9-13-5-7-14(8-6-13)16(24)22(10-12(2)3)11-17(18,19)20/h4-8,12H,1,9-11H2,2-3H3,(H,21,23). The SMILES string of the molecule is C=CC(=O)NCc1ccc(C(=O)N(CC(C)C)CC(F)(F)F)cc1. The predicted octanol–water partition coefficient (Wildman–Crippen LogP) is 3.15. The van der Waals surface area contributed by atoms with Gasteiger partial charge in [-0.2, -0.15) is 13.2 Å². The molecule has 2 amide bonds. The van der Waals surface area contributed by atoms with E-state index in [1.807, 2.05) is 0 Å². The molecule has 0 spiro atoms. The number of rotatable bonds is 7. The Hall–Kier alpha value is -2.31. The normalized spacial score (nSPS) is 11.2. The van der Waals surface area contributed by atoms with E-state index in [-0.39, 0.29) is 30.5 Å². The molecule has 0 aliphatic heterocycles. The monoisotopic (exact) mass is 342 g/mol. The van der Waals surface area contributed by atoms with Crippen LogP contribution in [0.2, 0.25) is 0 Å². The van der Waals surface area contributed by atoms with Crippen LogP contribution in [0.25, 0.3) is 0 Å². The highest BCUT2D eigenvalue weighted by atomic mass is 19.4. The van der Waals surface area contributed by atoms with Gasteiger partial charge in [-0.15, -0.1) is 0 Å². The number of nitrogens with one attached hydrogen (secondary N) is 1. The van der Waals surface area contributed by atoms with E-state index in [9.17, 15) is 22.8 Å². The number of alkyl halides is 3. The molecule has 0 heterocycles. The molecule has 24 heavy (non-hydrogen) atoms. The number of carbonyl (C=O) groups excluding carboxylic acids is 2. The Morgan fingerprint density at radius 1 is 1.25 bits per heavy atom. The van der Waals surface area contributed by atoms with E-state index in [1.54, 1.807) is 26.0 Å². The number of benzene rings is 1. The highest BCUT2D eigenvalue weighted by molar-refractivity contribution is 5.94. The molecule has 0 saturated carbocycles. The van der Waals surface area contributed by atoms with Gasteiger partial charge in [-0.05, 0) is 29.7 Å². The lowest BCUT2D eigenvalue weighted by Gasteiger charge is -2.25. The fourth-order valence-electron chi connectivity index (χ4n) is 2.09. The van der Waals surface area contributed by atoms with Gasteiger partial charge in [-0.3, -0.25) is 9.59 Å². The average molecular weight is 342 g/mol. The molecular formula is C17H21F3N2O2. The number of carbonyl (C=O) groups is 2. The molecule has 1 aromatic carbocycles. The number of nitrogens with zero attached hydrogens (tertiary/aromatic N) is 1. The first-order chi connectivity index (χ1) is 11.1. The Kier molecular flexibility index (Phi) is 7.00. The van der Waals surface area contributed by atoms with Gasteiger partial charge in [0.2, 0.25) is 5.91 Å². The zero-order valence-electron chi connectivity index (χ0n) is 13.7. The van der Waals surface area contributed by atoms with Crippen LogP contribution in [0.5, 0.6) is 0 Å². The maximum absolute atomic E-state index is 12.7. The third-order valence-corrected chi connectivity index (χ3v) is 3.10. The van der Waals surface area contributed by atoms with Crippen molar-refractivity contribution in [3.63, 3.8) is 0 Å². The van der Waals surface area contributed by atoms with Crippen LogP contribution in [0.3, 0.4) is 0 Å². The number of amides is 2. The molecule has 0 radical (unpaired) electrons. The fraction of sp³-hybridized carbons (Fsp3) is 0.412. The van der Waals surface area contributed by atoms with Gasteiger partial charge >= 0.3 is 6.18 Å². The van der Waals surface area contributed by atoms with E-state index >= 15 is 0 Å². The van der Waals surface area contributed by atoms with Crippen molar-refractivity contribution in [2.45, 2.75) is 26.6 Å². The zero-order chi connectivity index (χ0) is 18.3. The molecule has 4 nitrogen and oxygen atoms in total. The van der Waals surface area contributed by atoms with E-state index in [4.69, 9.17) is 0 Å². The second-order valence-corrected chi connectivity index (χ2v) is 5.81. The van der Waals surface area contributed by atoms with Crippen LogP contribution in [0.1, 0.15) is 29.8 Å². The summed E-state index contributed by atoms with van der Waals surface area (Å²) in [6.45, 7) is 5.83. The highest BCUT2D eigenvalue weighted by Gasteiger charge is 2.33. The van der Waals surface area contributed by atoms with Crippen LogP contribution in [0.15, 0.2) is 36.9 Å². The molecule has 0 aliphatic rings. The summed E-state index contributed by atoms with van der Waals surface area (Å²) in [6.07, 6.45) is -3.31. The Labute approximate surface area is 139 Å². The molecule has 1 N–H and O–H groups in total. The molecule has 0 unspecified atom stereocenters. The lowest BCUT2D eigenvalue weighted by Crippen LogP contribution is -2.41. The lowest BCUT2D eigenvalue weighted by molar-refractivity contribution is -0.141. The van der Waals surface area contributed by atoms with Crippen molar-refractivity contribution < 1.29 is 22.8 Å². The van der Waals surface area contributed by atoms with E-state index < -0.39 is 18.6 Å². The molecule has 7 heteroatoms. The second kappa shape index (κ2) is 8.52. The largest absolute Gasteiger partial charge is 0.406 e. The minimum absolute atomic E-state index is 0.0233. The maximum Gasteiger partial charge on any atom is 0.406 e. The van der Waals surface area contributed by atoms with Gasteiger partial charge in [0.25, 0.3) is 5.91 Å². The lowest BCUT2D eigenvalue weighted by atomic mass is 10.1. The molecule has 1 rings (SSSR count). The van der Waals surface area contributed by atoms with Crippen molar-refractivity contribution in [1.82, 2.24) is 10.2 Å². The van der Waals surface area contributed by atoms with Crippen molar-refractivity contribution in [2.75, 3.05) is 13.1 Å². The van der Waals surface area contributed by atoms with E-state index in [0.717, 1.165) is 16.5 Å². The first-order valence-corrected chi connectivity index (χ1v) is 7.47. The average Bonchev–Trinajstić information content (AvgIpc) is 2.50. The van der Waals surface area contributed by atoms with E-state index in [0.29, 0.717) is 0 Å². The number of halogens is 3. The van der Waals surface area contributed by atoms with Crippen LogP contribution >= 0.6 is 0 Å². The summed E-state index contributed by atoms with van der Waals surface area (Å²) in [5, 5.41) is 2.58. The van der Waals surface area contributed by atoms with Crippen LogP contribution in [-0.4, -0.2) is 36.0 Å². The summed E-state index contributed by atoms with van der Waals surface area (Å²) in [4.78, 5) is 24.2. The van der Waals surface area contributed by atoms with Crippen molar-refractivity contribution in [1.29, 1.82) is 0 Å². The summed E-state index contributed by atoms with van der Waals surface area (Å²) >= 11 is 0. The molecule has 0 aliphatic carbocycles. The molecular weight excluding hydrogens is 321 g/mol. The second-order valence-electron chi connectivity index (χ2n) is 5.81. The smallest absolute Gasteiger partial charge is 0.348 e. The Morgan fingerprint density at radius 2 is 1.83 bits per heavy atom. The summed E-state index contributed by atoms with van der Waals surface area (Å²) in [7, 11) is 0. The molecule has 0 fully saturated rings. The molecule has 0 atom stereocenters. The fourth-order valence-corrected chi connectivity index (χ4v) is 2.09. The topological polar surface area (TPSA) is 49.4 Å². The van der Waals surface area contributed by atoms with Crippen molar-refractivity contribution >= 4 is 11.8 Å². The molecule has 0 saturated heterocycles. The van der Waals surface area contributed by atoms with Gasteiger partial charge in [0.15, 0.2) is 0 Å². The van der Waals surface area contributed by atoms with Gasteiger partial charge in [0, 0.05) is 18.7 Å². The third kappa shape index (κ3) is 6.85. The van der Waals surface area contributed by atoms with Crippen molar-refractivity contribution in [3.05, 3.63) is 48.0 Å². The summed E-state index contributed by atoms with van der Waals surface area (Å²) in [5.41, 5.74) is 0.909.